The lowest BCUT2D eigenvalue weighted by Gasteiger charge is -2.29. The van der Waals surface area contributed by atoms with Crippen LogP contribution in [0, 0.1) is 0 Å². The first-order valence-electron chi connectivity index (χ1n) is 9.08. The van der Waals surface area contributed by atoms with E-state index >= 15 is 0 Å². The second-order valence-corrected chi connectivity index (χ2v) is 8.32. The van der Waals surface area contributed by atoms with Crippen molar-refractivity contribution >= 4 is 31.5 Å². The molecule has 0 amide bonds. The first-order valence-corrected chi connectivity index (χ1v) is 11.1. The molecule has 0 saturated carbocycles. The van der Waals surface area contributed by atoms with Crippen molar-refractivity contribution in [3.8, 4) is 0 Å². The molecule has 0 rings (SSSR count). The van der Waals surface area contributed by atoms with Gasteiger partial charge in [0.15, 0.2) is 10.8 Å². The molecule has 0 aromatic heterocycles. The SMILES string of the molecule is CCOCC([SiH3])(OCC)OCC.CCOCC([SiH3])(OCC)OCC.[SiH4]. The molecule has 0 heterocycles. The van der Waals surface area contributed by atoms with E-state index in [0.29, 0.717) is 52.9 Å². The Morgan fingerprint density at radius 1 is 0.520 bits per heavy atom. The number of ether oxygens (including phenoxy) is 6. The van der Waals surface area contributed by atoms with Crippen molar-refractivity contribution in [3.63, 3.8) is 0 Å². The molecule has 0 saturated heterocycles. The molecule has 0 unspecified atom stereocenters. The summed E-state index contributed by atoms with van der Waals surface area (Å²) in [5, 5.41) is 0. The zero-order chi connectivity index (χ0) is 18.9. The Labute approximate surface area is 165 Å². The molecule has 0 radical (unpaired) electrons. The fourth-order valence-electron chi connectivity index (χ4n) is 2.05. The lowest BCUT2D eigenvalue weighted by atomic mass is 10.6. The zero-order valence-electron chi connectivity index (χ0n) is 17.1. The molecule has 0 fully saturated rings. The van der Waals surface area contributed by atoms with E-state index in [9.17, 15) is 0 Å². The summed E-state index contributed by atoms with van der Waals surface area (Å²) in [6, 6.07) is 0. The van der Waals surface area contributed by atoms with E-state index in [-0.39, 0.29) is 11.0 Å². The van der Waals surface area contributed by atoms with Gasteiger partial charge in [0.05, 0.1) is 33.7 Å². The molecule has 0 aromatic carbocycles. The molecule has 0 aromatic rings. The number of rotatable bonds is 14. The Morgan fingerprint density at radius 2 is 0.760 bits per heavy atom. The van der Waals surface area contributed by atoms with Gasteiger partial charge in [-0.2, -0.15) is 0 Å². The highest BCUT2D eigenvalue weighted by Crippen LogP contribution is 2.09. The lowest BCUT2D eigenvalue weighted by Crippen LogP contribution is -2.41. The van der Waals surface area contributed by atoms with E-state index in [1.165, 1.54) is 0 Å². The fraction of sp³-hybridized carbons (Fsp3) is 1.00. The molecule has 0 aliphatic heterocycles. The Morgan fingerprint density at radius 3 is 0.920 bits per heavy atom. The van der Waals surface area contributed by atoms with Crippen molar-refractivity contribution in [1.82, 2.24) is 0 Å². The van der Waals surface area contributed by atoms with Crippen LogP contribution in [0.5, 0.6) is 0 Å². The first-order chi connectivity index (χ1) is 11.4. The smallest absolute Gasteiger partial charge is 0.163 e. The molecule has 0 aliphatic rings. The van der Waals surface area contributed by atoms with Gasteiger partial charge < -0.3 is 28.4 Å². The topological polar surface area (TPSA) is 55.4 Å². The molecule has 6 nitrogen and oxygen atoms in total. The largest absolute Gasteiger partial charge is 0.377 e. The van der Waals surface area contributed by atoms with Gasteiger partial charge >= 0.3 is 0 Å². The predicted molar refractivity (Wildman–Crippen MR) is 116 cm³/mol. The van der Waals surface area contributed by atoms with Crippen molar-refractivity contribution in [3.05, 3.63) is 0 Å². The van der Waals surface area contributed by atoms with E-state index in [0.717, 1.165) is 20.5 Å². The minimum absolute atomic E-state index is 0. The van der Waals surface area contributed by atoms with Gasteiger partial charge in [0.1, 0.15) is 0 Å². The van der Waals surface area contributed by atoms with Crippen LogP contribution < -0.4 is 0 Å². The van der Waals surface area contributed by atoms with Gasteiger partial charge in [-0.1, -0.05) is 0 Å². The van der Waals surface area contributed by atoms with Gasteiger partial charge in [-0.25, -0.2) is 0 Å². The number of hydrogen-bond acceptors (Lipinski definition) is 6. The van der Waals surface area contributed by atoms with E-state index in [4.69, 9.17) is 28.4 Å². The van der Waals surface area contributed by atoms with Crippen LogP contribution in [0.4, 0.5) is 0 Å². The predicted octanol–water partition coefficient (Wildman–Crippen LogP) is -1.22. The molecule has 0 spiro atoms. The average molecular weight is 417 g/mol. The Bertz CT molecular complexity index is 234. The maximum absolute atomic E-state index is 5.49. The van der Waals surface area contributed by atoms with Gasteiger partial charge in [0.2, 0.25) is 0 Å². The standard InChI is InChI=1S/2C8H20O3Si.H4Si/c2*1-4-9-7-8(12,10-5-2)11-6-3;/h2*4-7H2,1-3,12H3;1H4. The van der Waals surface area contributed by atoms with E-state index < -0.39 is 10.8 Å². The highest BCUT2D eigenvalue weighted by atomic mass is 28.2. The second-order valence-electron chi connectivity index (χ2n) is 5.27. The highest BCUT2D eigenvalue weighted by molar-refractivity contribution is 6.13. The molecule has 0 aliphatic carbocycles. The van der Waals surface area contributed by atoms with Gasteiger partial charge in [-0.3, -0.25) is 0 Å². The molecule has 9 heteroatoms. The summed E-state index contributed by atoms with van der Waals surface area (Å²) in [4.78, 5) is 0. The van der Waals surface area contributed by atoms with Crippen molar-refractivity contribution in [2.45, 2.75) is 52.4 Å². The third-order valence-electron chi connectivity index (χ3n) is 2.94. The van der Waals surface area contributed by atoms with E-state index in [1.54, 1.807) is 0 Å². The first kappa shape index (κ1) is 30.1. The molecule has 0 bridgehead atoms. The summed E-state index contributed by atoms with van der Waals surface area (Å²) in [6.07, 6.45) is 0. The van der Waals surface area contributed by atoms with E-state index in [2.05, 4.69) is 0 Å². The van der Waals surface area contributed by atoms with Gasteiger partial charge in [-0.15, -0.1) is 0 Å². The summed E-state index contributed by atoms with van der Waals surface area (Å²) < 4.78 is 32.5. The molecular weight excluding hydrogens is 372 g/mol. The number of hydrogen-bond donors (Lipinski definition) is 0. The normalized spacial score (nSPS) is 11.8. The van der Waals surface area contributed by atoms with Crippen LogP contribution >= 0.6 is 0 Å². The molecular formula is C16H44O6Si3. The van der Waals surface area contributed by atoms with Crippen LogP contribution in [0.25, 0.3) is 0 Å². The molecule has 25 heavy (non-hydrogen) atoms. The molecule has 0 atom stereocenters. The minimum Gasteiger partial charge on any atom is -0.377 e. The summed E-state index contributed by atoms with van der Waals surface area (Å²) in [7, 11) is 1.67. The fourth-order valence-corrected chi connectivity index (χ4v) is 3.61. The second kappa shape index (κ2) is 19.2. The molecule has 0 N–H and O–H groups in total. The zero-order valence-corrected chi connectivity index (χ0v) is 21.1. The van der Waals surface area contributed by atoms with Gasteiger partial charge in [-0.05, 0) is 52.5 Å². The van der Waals surface area contributed by atoms with Crippen LogP contribution in [0.3, 0.4) is 0 Å². The maximum Gasteiger partial charge on any atom is 0.163 e. The third kappa shape index (κ3) is 17.6. The summed E-state index contributed by atoms with van der Waals surface area (Å²) >= 11 is 0. The Balaban J connectivity index is -0.000000372. The summed E-state index contributed by atoms with van der Waals surface area (Å²) in [6.45, 7) is 17.1. The highest BCUT2D eigenvalue weighted by Gasteiger charge is 2.24. The van der Waals surface area contributed by atoms with Crippen molar-refractivity contribution in [2.75, 3.05) is 52.9 Å². The van der Waals surface area contributed by atoms with Gasteiger partial charge in [0.25, 0.3) is 0 Å². The van der Waals surface area contributed by atoms with Crippen LogP contribution in [0.2, 0.25) is 0 Å². The lowest BCUT2D eigenvalue weighted by molar-refractivity contribution is -0.201. The summed E-state index contributed by atoms with van der Waals surface area (Å²) in [5.41, 5.74) is -0.862. The quantitative estimate of drug-likeness (QED) is 0.261. The van der Waals surface area contributed by atoms with Crippen molar-refractivity contribution in [2.24, 2.45) is 0 Å². The maximum atomic E-state index is 5.49. The van der Waals surface area contributed by atoms with Gasteiger partial charge in [0, 0.05) is 39.6 Å². The Kier molecular flexibility index (Phi) is 23.1. The van der Waals surface area contributed by atoms with Crippen LogP contribution in [-0.2, 0) is 28.4 Å². The van der Waals surface area contributed by atoms with E-state index in [1.807, 2.05) is 41.5 Å². The monoisotopic (exact) mass is 416 g/mol. The molecule has 156 valence electrons. The minimum atomic E-state index is -0.431. The average Bonchev–Trinajstić information content (AvgIpc) is 2.53. The Hall–Kier alpha value is 0.411. The summed E-state index contributed by atoms with van der Waals surface area (Å²) in [5.74, 6) is 0. The third-order valence-corrected chi connectivity index (χ3v) is 4.67. The van der Waals surface area contributed by atoms with Crippen molar-refractivity contribution in [1.29, 1.82) is 0 Å². The van der Waals surface area contributed by atoms with Crippen LogP contribution in [0.15, 0.2) is 0 Å². The van der Waals surface area contributed by atoms with Crippen LogP contribution in [-0.4, -0.2) is 95.1 Å². The van der Waals surface area contributed by atoms with Crippen molar-refractivity contribution < 1.29 is 28.4 Å². The van der Waals surface area contributed by atoms with Crippen LogP contribution in [0.1, 0.15) is 41.5 Å².